The molecular weight excluding hydrogens is 240 g/mol. The Hall–Kier alpha value is -2.34. The molecule has 0 N–H and O–H groups in total. The summed E-state index contributed by atoms with van der Waals surface area (Å²) in [5, 5.41) is 0. The molecule has 0 radical (unpaired) electrons. The molecule has 102 valence electrons. The summed E-state index contributed by atoms with van der Waals surface area (Å²) in [6, 6.07) is 18.8. The lowest BCUT2D eigenvalue weighted by Crippen LogP contribution is -1.81. The number of allylic oxidation sites excluding steroid dienone is 4. The van der Waals surface area contributed by atoms with Gasteiger partial charge in [0.2, 0.25) is 0 Å². The third kappa shape index (κ3) is 4.40. The van der Waals surface area contributed by atoms with Gasteiger partial charge in [0.25, 0.3) is 0 Å². The van der Waals surface area contributed by atoms with Crippen LogP contribution in [0.5, 0.6) is 0 Å². The number of rotatable bonds is 4. The summed E-state index contributed by atoms with van der Waals surface area (Å²) >= 11 is 0. The van der Waals surface area contributed by atoms with Crippen molar-refractivity contribution in [2.75, 3.05) is 0 Å². The van der Waals surface area contributed by atoms with Crippen molar-refractivity contribution >= 4 is 5.57 Å². The fourth-order valence-electron chi connectivity index (χ4n) is 1.79. The van der Waals surface area contributed by atoms with Crippen molar-refractivity contribution in [1.29, 1.82) is 0 Å². The molecule has 0 heterocycles. The van der Waals surface area contributed by atoms with Crippen LogP contribution in [0.4, 0.5) is 0 Å². The molecule has 0 heteroatoms. The minimum atomic E-state index is 0.995. The molecule has 0 bridgehead atoms. The third-order valence-corrected chi connectivity index (χ3v) is 2.80. The Morgan fingerprint density at radius 3 is 1.95 bits per heavy atom. The Morgan fingerprint density at radius 2 is 1.40 bits per heavy atom. The van der Waals surface area contributed by atoms with Crippen LogP contribution in [0.25, 0.3) is 16.7 Å². The highest BCUT2D eigenvalue weighted by atomic mass is 14.0. The molecule has 0 aromatic heterocycles. The maximum atomic E-state index is 4.03. The van der Waals surface area contributed by atoms with E-state index in [1.54, 1.807) is 6.08 Å². The zero-order valence-corrected chi connectivity index (χ0v) is 12.3. The standard InChI is InChI=1S/C18H16.C2H6/c1-3-4-8-15(2)16-11-13-18(14-12-16)17-9-6-5-7-10-17;1-2/h3-14H,1-2H2;1-2H3/b8-4-;. The molecule has 0 atom stereocenters. The lowest BCUT2D eigenvalue weighted by molar-refractivity contribution is 1.50. The Kier molecular flexibility index (Phi) is 6.84. The predicted molar refractivity (Wildman–Crippen MR) is 91.6 cm³/mol. The van der Waals surface area contributed by atoms with E-state index in [0.717, 1.165) is 11.1 Å². The Bertz CT molecular complexity index is 557. The van der Waals surface area contributed by atoms with Crippen molar-refractivity contribution in [3.8, 4) is 11.1 Å². The highest BCUT2D eigenvalue weighted by molar-refractivity contribution is 5.74. The number of hydrogen-bond donors (Lipinski definition) is 0. The summed E-state index contributed by atoms with van der Waals surface area (Å²) in [7, 11) is 0. The number of hydrogen-bond acceptors (Lipinski definition) is 0. The van der Waals surface area contributed by atoms with E-state index in [-0.39, 0.29) is 0 Å². The van der Waals surface area contributed by atoms with E-state index in [9.17, 15) is 0 Å². The average molecular weight is 262 g/mol. The summed E-state index contributed by atoms with van der Waals surface area (Å²) in [5.74, 6) is 0. The van der Waals surface area contributed by atoms with Crippen molar-refractivity contribution in [3.63, 3.8) is 0 Å². The van der Waals surface area contributed by atoms with Gasteiger partial charge in [0.1, 0.15) is 0 Å². The van der Waals surface area contributed by atoms with Gasteiger partial charge in [0, 0.05) is 0 Å². The maximum Gasteiger partial charge on any atom is -0.0184 e. The molecule has 0 saturated heterocycles. The lowest BCUT2D eigenvalue weighted by Gasteiger charge is -2.04. The van der Waals surface area contributed by atoms with Crippen LogP contribution in [-0.2, 0) is 0 Å². The van der Waals surface area contributed by atoms with Crippen LogP contribution < -0.4 is 0 Å². The first-order valence-electron chi connectivity index (χ1n) is 6.95. The molecule has 0 fully saturated rings. The highest BCUT2D eigenvalue weighted by Gasteiger charge is 1.98. The summed E-state index contributed by atoms with van der Waals surface area (Å²) < 4.78 is 0. The second kappa shape index (κ2) is 8.71. The van der Waals surface area contributed by atoms with Crippen molar-refractivity contribution in [1.82, 2.24) is 0 Å². The molecule has 0 saturated carbocycles. The predicted octanol–water partition coefficient (Wildman–Crippen LogP) is 6.14. The van der Waals surface area contributed by atoms with Crippen molar-refractivity contribution in [3.05, 3.63) is 91.5 Å². The number of benzene rings is 2. The first-order chi connectivity index (χ1) is 9.81. The Labute approximate surface area is 122 Å². The minimum absolute atomic E-state index is 0.995. The van der Waals surface area contributed by atoms with Crippen LogP contribution in [0, 0.1) is 0 Å². The monoisotopic (exact) mass is 262 g/mol. The SMILES string of the molecule is C=C/C=C\C(=C)c1ccc(-c2ccccc2)cc1.CC. The highest BCUT2D eigenvalue weighted by Crippen LogP contribution is 2.22. The van der Waals surface area contributed by atoms with E-state index in [1.165, 1.54) is 11.1 Å². The van der Waals surface area contributed by atoms with Gasteiger partial charge < -0.3 is 0 Å². The van der Waals surface area contributed by atoms with Gasteiger partial charge in [-0.25, -0.2) is 0 Å². The maximum absolute atomic E-state index is 4.03. The molecule has 2 aromatic rings. The van der Waals surface area contributed by atoms with Gasteiger partial charge in [-0.05, 0) is 22.3 Å². The van der Waals surface area contributed by atoms with Gasteiger partial charge in [0.05, 0.1) is 0 Å². The molecule has 2 aromatic carbocycles. The summed E-state index contributed by atoms with van der Waals surface area (Å²) in [6.07, 6.45) is 5.61. The fourth-order valence-corrected chi connectivity index (χ4v) is 1.79. The fraction of sp³-hybridized carbons (Fsp3) is 0.100. The second-order valence-corrected chi connectivity index (χ2v) is 4.06. The smallest absolute Gasteiger partial charge is 0.0184 e. The molecule has 2 rings (SSSR count). The van der Waals surface area contributed by atoms with Crippen LogP contribution in [0.15, 0.2) is 86.0 Å². The van der Waals surface area contributed by atoms with E-state index in [1.807, 2.05) is 32.1 Å². The van der Waals surface area contributed by atoms with E-state index in [0.29, 0.717) is 0 Å². The third-order valence-electron chi connectivity index (χ3n) is 2.80. The van der Waals surface area contributed by atoms with E-state index in [2.05, 4.69) is 61.7 Å². The summed E-state index contributed by atoms with van der Waals surface area (Å²) in [5.41, 5.74) is 4.58. The molecule has 0 amide bonds. The van der Waals surface area contributed by atoms with Gasteiger partial charge >= 0.3 is 0 Å². The van der Waals surface area contributed by atoms with Crippen LogP contribution in [-0.4, -0.2) is 0 Å². The second-order valence-electron chi connectivity index (χ2n) is 4.06. The Morgan fingerprint density at radius 1 is 0.850 bits per heavy atom. The van der Waals surface area contributed by atoms with Crippen LogP contribution >= 0.6 is 0 Å². The zero-order valence-electron chi connectivity index (χ0n) is 12.3. The molecule has 0 aliphatic rings. The average Bonchev–Trinajstić information content (AvgIpc) is 2.55. The summed E-state index contributed by atoms with van der Waals surface area (Å²) in [4.78, 5) is 0. The van der Waals surface area contributed by atoms with Gasteiger partial charge in [-0.15, -0.1) is 0 Å². The quantitative estimate of drug-likeness (QED) is 0.581. The molecule has 0 spiro atoms. The topological polar surface area (TPSA) is 0 Å². The van der Waals surface area contributed by atoms with Crippen molar-refractivity contribution in [2.45, 2.75) is 13.8 Å². The van der Waals surface area contributed by atoms with Gasteiger partial charge in [-0.3, -0.25) is 0 Å². The molecule has 0 aliphatic carbocycles. The first kappa shape index (κ1) is 15.7. The first-order valence-corrected chi connectivity index (χ1v) is 6.95. The molecule has 0 unspecified atom stereocenters. The molecular formula is C20H22. The normalized spacial score (nSPS) is 9.70. The van der Waals surface area contributed by atoms with E-state index >= 15 is 0 Å². The van der Waals surface area contributed by atoms with Gasteiger partial charge in [-0.2, -0.15) is 0 Å². The largest absolute Gasteiger partial charge is 0.0991 e. The van der Waals surface area contributed by atoms with Crippen LogP contribution in [0.2, 0.25) is 0 Å². The van der Waals surface area contributed by atoms with Gasteiger partial charge in [0.15, 0.2) is 0 Å². The lowest BCUT2D eigenvalue weighted by atomic mass is 10.0. The van der Waals surface area contributed by atoms with Crippen molar-refractivity contribution in [2.24, 2.45) is 0 Å². The van der Waals surface area contributed by atoms with Crippen LogP contribution in [0.3, 0.4) is 0 Å². The molecule has 20 heavy (non-hydrogen) atoms. The Balaban J connectivity index is 0.000000956. The van der Waals surface area contributed by atoms with E-state index in [4.69, 9.17) is 0 Å². The van der Waals surface area contributed by atoms with Gasteiger partial charge in [-0.1, -0.05) is 99.8 Å². The molecule has 0 nitrogen and oxygen atoms in total. The minimum Gasteiger partial charge on any atom is -0.0991 e. The van der Waals surface area contributed by atoms with E-state index < -0.39 is 0 Å². The molecule has 0 aliphatic heterocycles. The zero-order chi connectivity index (χ0) is 14.8. The summed E-state index contributed by atoms with van der Waals surface area (Å²) in [6.45, 7) is 11.7. The van der Waals surface area contributed by atoms with Crippen LogP contribution in [0.1, 0.15) is 19.4 Å². The van der Waals surface area contributed by atoms with Crippen molar-refractivity contribution < 1.29 is 0 Å².